The van der Waals surface area contributed by atoms with E-state index >= 15 is 0 Å². The first kappa shape index (κ1) is 34.3. The molecule has 2 atom stereocenters. The van der Waals surface area contributed by atoms with Crippen LogP contribution in [-0.4, -0.2) is 82.5 Å². The van der Waals surface area contributed by atoms with Gasteiger partial charge in [-0.3, -0.25) is 19.4 Å². The van der Waals surface area contributed by atoms with Gasteiger partial charge in [0, 0.05) is 42.3 Å². The second-order valence-corrected chi connectivity index (χ2v) is 13.7. The standard InChI is InChI=1S/C34H45N5O7/c1-32(2,3)45-30(43)38-19-7-9-27(38)29(42)37-25-12-10-23(11-13-25)28(41)36-26-16-14-24(15-17-26)35-21-34(22-40)18-8-20-39(34)31(44)46-33(4,5)6/h10-17,22,27,35H,7-9,18-21H2,1-6H3,(H,36,41)(H,37,42)/t27-,34+/m0/s1. The third-order valence-corrected chi connectivity index (χ3v) is 7.70. The molecule has 2 saturated heterocycles. The Hall–Kier alpha value is -4.61. The van der Waals surface area contributed by atoms with Crippen molar-refractivity contribution in [1.82, 2.24) is 9.80 Å². The zero-order valence-corrected chi connectivity index (χ0v) is 27.5. The lowest BCUT2D eigenvalue weighted by Gasteiger charge is -2.35. The highest BCUT2D eigenvalue weighted by molar-refractivity contribution is 6.05. The van der Waals surface area contributed by atoms with Crippen molar-refractivity contribution < 1.29 is 33.4 Å². The molecule has 2 aliphatic rings. The van der Waals surface area contributed by atoms with Crippen molar-refractivity contribution in [3.8, 4) is 0 Å². The summed E-state index contributed by atoms with van der Waals surface area (Å²) in [5.74, 6) is -0.636. The van der Waals surface area contributed by atoms with Crippen molar-refractivity contribution in [2.24, 2.45) is 0 Å². The Morgan fingerprint density at radius 1 is 0.804 bits per heavy atom. The van der Waals surface area contributed by atoms with E-state index in [1.165, 1.54) is 9.80 Å². The highest BCUT2D eigenvalue weighted by Crippen LogP contribution is 2.30. The number of aldehydes is 1. The first-order valence-electron chi connectivity index (χ1n) is 15.6. The summed E-state index contributed by atoms with van der Waals surface area (Å²) in [5, 5.41) is 8.93. The van der Waals surface area contributed by atoms with Crippen LogP contribution in [0.3, 0.4) is 0 Å². The fraction of sp³-hybridized carbons (Fsp3) is 0.500. The van der Waals surface area contributed by atoms with Crippen LogP contribution >= 0.6 is 0 Å². The monoisotopic (exact) mass is 635 g/mol. The molecule has 4 rings (SSSR count). The zero-order chi connectivity index (χ0) is 33.7. The molecule has 2 aromatic rings. The summed E-state index contributed by atoms with van der Waals surface area (Å²) < 4.78 is 11.0. The quantitative estimate of drug-likeness (QED) is 0.315. The summed E-state index contributed by atoms with van der Waals surface area (Å²) in [5.41, 5.74) is -0.127. The van der Waals surface area contributed by atoms with E-state index in [4.69, 9.17) is 9.47 Å². The maximum Gasteiger partial charge on any atom is 0.411 e. The first-order chi connectivity index (χ1) is 21.6. The van der Waals surface area contributed by atoms with E-state index in [0.29, 0.717) is 55.7 Å². The molecule has 0 spiro atoms. The van der Waals surface area contributed by atoms with Gasteiger partial charge in [-0.2, -0.15) is 0 Å². The summed E-state index contributed by atoms with van der Waals surface area (Å²) in [6.45, 7) is 11.8. The van der Waals surface area contributed by atoms with Crippen molar-refractivity contribution in [3.63, 3.8) is 0 Å². The van der Waals surface area contributed by atoms with Crippen LogP contribution in [0.5, 0.6) is 0 Å². The van der Waals surface area contributed by atoms with Gasteiger partial charge in [0.1, 0.15) is 29.1 Å². The second kappa shape index (κ2) is 13.8. The second-order valence-electron chi connectivity index (χ2n) is 13.7. The number of ether oxygens (including phenoxy) is 2. The van der Waals surface area contributed by atoms with Crippen LogP contribution in [0.15, 0.2) is 48.5 Å². The number of nitrogens with zero attached hydrogens (tertiary/aromatic N) is 2. The van der Waals surface area contributed by atoms with Gasteiger partial charge in [0.05, 0.1) is 0 Å². The maximum atomic E-state index is 12.9. The van der Waals surface area contributed by atoms with E-state index in [2.05, 4.69) is 16.0 Å². The van der Waals surface area contributed by atoms with Gasteiger partial charge in [-0.1, -0.05) is 0 Å². The van der Waals surface area contributed by atoms with E-state index in [0.717, 1.165) is 12.0 Å². The maximum absolute atomic E-state index is 12.9. The summed E-state index contributed by atoms with van der Waals surface area (Å²) >= 11 is 0. The van der Waals surface area contributed by atoms with Gasteiger partial charge in [-0.25, -0.2) is 9.59 Å². The van der Waals surface area contributed by atoms with Gasteiger partial charge >= 0.3 is 12.2 Å². The summed E-state index contributed by atoms with van der Waals surface area (Å²) in [4.78, 5) is 66.3. The number of hydrogen-bond donors (Lipinski definition) is 3. The van der Waals surface area contributed by atoms with Gasteiger partial charge < -0.3 is 30.2 Å². The molecule has 4 amide bonds. The highest BCUT2D eigenvalue weighted by atomic mass is 16.6. The zero-order valence-electron chi connectivity index (χ0n) is 27.5. The molecule has 248 valence electrons. The molecule has 2 aromatic carbocycles. The topological polar surface area (TPSA) is 146 Å². The van der Waals surface area contributed by atoms with E-state index < -0.39 is 35.0 Å². The molecule has 0 unspecified atom stereocenters. The molecule has 0 saturated carbocycles. The van der Waals surface area contributed by atoms with Gasteiger partial charge in [-0.05, 0) is 116 Å². The minimum Gasteiger partial charge on any atom is -0.444 e. The Morgan fingerprint density at radius 2 is 1.37 bits per heavy atom. The van der Waals surface area contributed by atoms with Crippen molar-refractivity contribution in [1.29, 1.82) is 0 Å². The molecular weight excluding hydrogens is 590 g/mol. The fourth-order valence-corrected chi connectivity index (χ4v) is 5.48. The van der Waals surface area contributed by atoms with E-state index in [-0.39, 0.29) is 18.4 Å². The number of anilines is 3. The van der Waals surface area contributed by atoms with Crippen LogP contribution in [0.4, 0.5) is 26.7 Å². The Morgan fingerprint density at radius 3 is 1.98 bits per heavy atom. The summed E-state index contributed by atoms with van der Waals surface area (Å²) in [7, 11) is 0. The highest BCUT2D eigenvalue weighted by Gasteiger charge is 2.45. The van der Waals surface area contributed by atoms with Crippen LogP contribution in [0.2, 0.25) is 0 Å². The van der Waals surface area contributed by atoms with Gasteiger partial charge in [0.25, 0.3) is 5.91 Å². The average Bonchev–Trinajstić information content (AvgIpc) is 3.64. The molecule has 2 aliphatic heterocycles. The SMILES string of the molecule is CC(C)(C)OC(=O)N1CCC[C@H]1C(=O)Nc1ccc(C(=O)Nc2ccc(NC[C@@]3(C=O)CCCN3C(=O)OC(C)(C)C)cc2)cc1. The lowest BCUT2D eigenvalue weighted by Crippen LogP contribution is -2.54. The molecule has 0 aliphatic carbocycles. The van der Waals surface area contributed by atoms with Crippen molar-refractivity contribution in [3.05, 3.63) is 54.1 Å². The Bertz CT molecular complexity index is 1430. The van der Waals surface area contributed by atoms with Crippen LogP contribution in [0, 0.1) is 0 Å². The molecule has 2 heterocycles. The number of nitrogens with one attached hydrogen (secondary N) is 3. The predicted octanol–water partition coefficient (Wildman–Crippen LogP) is 5.66. The molecule has 0 aromatic heterocycles. The smallest absolute Gasteiger partial charge is 0.411 e. The molecule has 0 bridgehead atoms. The number of carbonyl (C=O) groups excluding carboxylic acids is 5. The normalized spacial score (nSPS) is 19.7. The van der Waals surface area contributed by atoms with Crippen LogP contribution in [-0.2, 0) is 19.1 Å². The molecule has 3 N–H and O–H groups in total. The van der Waals surface area contributed by atoms with Crippen LogP contribution < -0.4 is 16.0 Å². The lowest BCUT2D eigenvalue weighted by atomic mass is 9.98. The Balaban J connectivity index is 1.30. The fourth-order valence-electron chi connectivity index (χ4n) is 5.48. The van der Waals surface area contributed by atoms with Gasteiger partial charge in [-0.15, -0.1) is 0 Å². The number of hydrogen-bond acceptors (Lipinski definition) is 8. The molecular formula is C34H45N5O7. The van der Waals surface area contributed by atoms with Crippen molar-refractivity contribution in [2.45, 2.75) is 90.0 Å². The van der Waals surface area contributed by atoms with Gasteiger partial charge in [0.2, 0.25) is 5.91 Å². The average molecular weight is 636 g/mol. The third kappa shape index (κ3) is 8.76. The number of benzene rings is 2. The Labute approximate surface area is 270 Å². The van der Waals surface area contributed by atoms with Crippen LogP contribution in [0.25, 0.3) is 0 Å². The number of amides is 4. The number of likely N-dealkylation sites (tertiary alicyclic amines) is 2. The molecule has 12 nitrogen and oxygen atoms in total. The number of rotatable bonds is 8. The Kier molecular flexibility index (Phi) is 10.3. The molecule has 0 radical (unpaired) electrons. The van der Waals surface area contributed by atoms with E-state index in [9.17, 15) is 24.0 Å². The predicted molar refractivity (Wildman–Crippen MR) is 175 cm³/mol. The van der Waals surface area contributed by atoms with Crippen LogP contribution in [0.1, 0.15) is 77.6 Å². The van der Waals surface area contributed by atoms with Crippen molar-refractivity contribution >= 4 is 47.3 Å². The van der Waals surface area contributed by atoms with Gasteiger partial charge in [0.15, 0.2) is 0 Å². The van der Waals surface area contributed by atoms with E-state index in [1.54, 1.807) is 90.1 Å². The molecule has 2 fully saturated rings. The third-order valence-electron chi connectivity index (χ3n) is 7.70. The number of carbonyl (C=O) groups is 5. The first-order valence-corrected chi connectivity index (χ1v) is 15.6. The minimum absolute atomic E-state index is 0.226. The lowest BCUT2D eigenvalue weighted by molar-refractivity contribution is -0.120. The minimum atomic E-state index is -1.00. The summed E-state index contributed by atoms with van der Waals surface area (Å²) in [6, 6.07) is 12.9. The van der Waals surface area contributed by atoms with Crippen molar-refractivity contribution in [2.75, 3.05) is 35.6 Å². The molecule has 12 heteroatoms. The van der Waals surface area contributed by atoms with E-state index in [1.807, 2.05) is 0 Å². The largest absolute Gasteiger partial charge is 0.444 e. The summed E-state index contributed by atoms with van der Waals surface area (Å²) in [6.07, 6.45) is 2.28. The molecule has 46 heavy (non-hydrogen) atoms.